The van der Waals surface area contributed by atoms with E-state index in [4.69, 9.17) is 0 Å². The second-order valence-corrected chi connectivity index (χ2v) is 8.46. The summed E-state index contributed by atoms with van der Waals surface area (Å²) in [4.78, 5) is 29.5. The molecule has 0 unspecified atom stereocenters. The highest BCUT2D eigenvalue weighted by Gasteiger charge is 2.13. The number of aromatic nitrogens is 4. The molecule has 1 aromatic carbocycles. The number of hydrogen-bond donors (Lipinski definition) is 2. The van der Waals surface area contributed by atoms with Crippen LogP contribution in [0.1, 0.15) is 44.0 Å². The lowest BCUT2D eigenvalue weighted by molar-refractivity contribution is 0.0950. The van der Waals surface area contributed by atoms with Crippen LogP contribution in [0.2, 0.25) is 0 Å². The van der Waals surface area contributed by atoms with Gasteiger partial charge in [-0.05, 0) is 79.8 Å². The van der Waals surface area contributed by atoms with E-state index < -0.39 is 0 Å². The van der Waals surface area contributed by atoms with Crippen molar-refractivity contribution in [2.24, 2.45) is 0 Å². The van der Waals surface area contributed by atoms with Crippen LogP contribution in [0.4, 0.5) is 0 Å². The maximum absolute atomic E-state index is 12.9. The topological polar surface area (TPSA) is 83.6 Å². The summed E-state index contributed by atoms with van der Waals surface area (Å²) in [7, 11) is 0. The number of nitrogens with one attached hydrogen (secondary N) is 2. The van der Waals surface area contributed by atoms with Gasteiger partial charge in [0.15, 0.2) is 0 Å². The van der Waals surface area contributed by atoms with Gasteiger partial charge in [0.1, 0.15) is 5.65 Å². The number of H-pyrrole nitrogens is 1. The standard InChI is InChI=1S/C27H25N5O/c1-16-4-6-21-11-19(5-7-25(21)31-16)10-20-12-22(14-28-13-20)27(33)30-15-24-17(2)23-8-9-29-26(23)32-18(24)3/h4-9,11-14H,10,15H2,1-3H3,(H,29,32)(H,30,33). The van der Waals surface area contributed by atoms with E-state index in [0.29, 0.717) is 18.5 Å². The van der Waals surface area contributed by atoms with E-state index in [-0.39, 0.29) is 5.91 Å². The Balaban J connectivity index is 1.32. The Labute approximate surface area is 192 Å². The molecule has 5 rings (SSSR count). The molecule has 33 heavy (non-hydrogen) atoms. The van der Waals surface area contributed by atoms with Crippen molar-refractivity contribution in [1.29, 1.82) is 0 Å². The van der Waals surface area contributed by atoms with Gasteiger partial charge in [0.05, 0.1) is 11.1 Å². The predicted molar refractivity (Wildman–Crippen MR) is 130 cm³/mol. The molecule has 0 saturated heterocycles. The van der Waals surface area contributed by atoms with Crippen LogP contribution in [0.5, 0.6) is 0 Å². The van der Waals surface area contributed by atoms with Crippen molar-refractivity contribution in [1.82, 2.24) is 25.3 Å². The van der Waals surface area contributed by atoms with Crippen LogP contribution in [-0.4, -0.2) is 25.8 Å². The molecule has 5 aromatic rings. The second kappa shape index (κ2) is 8.47. The molecular weight excluding hydrogens is 410 g/mol. The monoisotopic (exact) mass is 435 g/mol. The van der Waals surface area contributed by atoms with Gasteiger partial charge in [0.25, 0.3) is 5.91 Å². The maximum atomic E-state index is 12.9. The molecule has 4 heterocycles. The molecule has 0 radical (unpaired) electrons. The van der Waals surface area contributed by atoms with Gasteiger partial charge in [0, 0.05) is 47.3 Å². The van der Waals surface area contributed by atoms with E-state index in [0.717, 1.165) is 55.6 Å². The van der Waals surface area contributed by atoms with Gasteiger partial charge < -0.3 is 10.3 Å². The zero-order chi connectivity index (χ0) is 22.9. The molecule has 0 aliphatic carbocycles. The molecular formula is C27H25N5O. The summed E-state index contributed by atoms with van der Waals surface area (Å²) in [5, 5.41) is 5.22. The third-order valence-corrected chi connectivity index (χ3v) is 6.08. The highest BCUT2D eigenvalue weighted by Crippen LogP contribution is 2.22. The van der Waals surface area contributed by atoms with Crippen molar-refractivity contribution in [3.63, 3.8) is 0 Å². The van der Waals surface area contributed by atoms with E-state index >= 15 is 0 Å². The van der Waals surface area contributed by atoms with Crippen molar-refractivity contribution in [3.8, 4) is 0 Å². The molecule has 2 N–H and O–H groups in total. The smallest absolute Gasteiger partial charge is 0.253 e. The molecule has 0 saturated carbocycles. The fourth-order valence-electron chi connectivity index (χ4n) is 4.29. The van der Waals surface area contributed by atoms with Gasteiger partial charge in [-0.3, -0.25) is 14.8 Å². The quantitative estimate of drug-likeness (QED) is 0.409. The minimum absolute atomic E-state index is 0.143. The minimum atomic E-state index is -0.143. The molecule has 0 fully saturated rings. The molecule has 0 aliphatic heterocycles. The number of pyridine rings is 3. The maximum Gasteiger partial charge on any atom is 0.253 e. The van der Waals surface area contributed by atoms with Crippen LogP contribution < -0.4 is 5.32 Å². The molecule has 164 valence electrons. The summed E-state index contributed by atoms with van der Waals surface area (Å²) >= 11 is 0. The average molecular weight is 436 g/mol. The van der Waals surface area contributed by atoms with E-state index in [2.05, 4.69) is 50.4 Å². The summed E-state index contributed by atoms with van der Waals surface area (Å²) in [6, 6.07) is 14.3. The summed E-state index contributed by atoms with van der Waals surface area (Å²) in [5.74, 6) is -0.143. The average Bonchev–Trinajstić information content (AvgIpc) is 3.27. The number of aromatic amines is 1. The fourth-order valence-corrected chi connectivity index (χ4v) is 4.29. The van der Waals surface area contributed by atoms with E-state index in [1.807, 2.05) is 50.5 Å². The zero-order valence-corrected chi connectivity index (χ0v) is 18.9. The lowest BCUT2D eigenvalue weighted by Crippen LogP contribution is -2.24. The minimum Gasteiger partial charge on any atom is -0.348 e. The summed E-state index contributed by atoms with van der Waals surface area (Å²) in [6.07, 6.45) is 6.01. The molecule has 6 nitrogen and oxygen atoms in total. The predicted octanol–water partition coefficient (Wildman–Crippen LogP) is 4.95. The van der Waals surface area contributed by atoms with Crippen LogP contribution >= 0.6 is 0 Å². The van der Waals surface area contributed by atoms with Crippen molar-refractivity contribution in [2.75, 3.05) is 0 Å². The van der Waals surface area contributed by atoms with Crippen molar-refractivity contribution < 1.29 is 4.79 Å². The third-order valence-electron chi connectivity index (χ3n) is 6.08. The Morgan fingerprint density at radius 1 is 0.970 bits per heavy atom. The lowest BCUT2D eigenvalue weighted by atomic mass is 10.0. The van der Waals surface area contributed by atoms with Crippen LogP contribution in [0.15, 0.2) is 61.1 Å². The number of aryl methyl sites for hydroxylation is 3. The van der Waals surface area contributed by atoms with Crippen molar-refractivity contribution >= 4 is 27.8 Å². The van der Waals surface area contributed by atoms with Gasteiger partial charge in [-0.2, -0.15) is 0 Å². The number of carbonyl (C=O) groups is 1. The molecule has 6 heteroatoms. The zero-order valence-electron chi connectivity index (χ0n) is 18.9. The number of hydrogen-bond acceptors (Lipinski definition) is 4. The van der Waals surface area contributed by atoms with Crippen LogP contribution in [-0.2, 0) is 13.0 Å². The number of fused-ring (bicyclic) bond motifs is 2. The third kappa shape index (κ3) is 4.20. The van der Waals surface area contributed by atoms with Crippen LogP contribution in [0.25, 0.3) is 21.9 Å². The van der Waals surface area contributed by atoms with Gasteiger partial charge >= 0.3 is 0 Å². The molecule has 1 amide bonds. The number of nitrogens with zero attached hydrogens (tertiary/aromatic N) is 3. The van der Waals surface area contributed by atoms with E-state index in [1.165, 1.54) is 0 Å². The summed E-state index contributed by atoms with van der Waals surface area (Å²) < 4.78 is 0. The SMILES string of the molecule is Cc1ccc2cc(Cc3cncc(C(=O)NCc4c(C)nc5[nH]ccc5c4C)c3)ccc2n1. The first kappa shape index (κ1) is 20.8. The first-order chi connectivity index (χ1) is 16.0. The van der Waals surface area contributed by atoms with Crippen molar-refractivity contribution in [2.45, 2.75) is 33.7 Å². The fraction of sp³-hybridized carbons (Fsp3) is 0.185. The van der Waals surface area contributed by atoms with Crippen LogP contribution in [0.3, 0.4) is 0 Å². The van der Waals surface area contributed by atoms with E-state index in [9.17, 15) is 4.79 Å². The second-order valence-electron chi connectivity index (χ2n) is 8.46. The highest BCUT2D eigenvalue weighted by atomic mass is 16.1. The van der Waals surface area contributed by atoms with E-state index in [1.54, 1.807) is 6.20 Å². The Kier molecular flexibility index (Phi) is 5.34. The first-order valence-electron chi connectivity index (χ1n) is 11.0. The summed E-state index contributed by atoms with van der Waals surface area (Å²) in [6.45, 7) is 6.45. The van der Waals surface area contributed by atoms with Gasteiger partial charge in [-0.25, -0.2) is 4.98 Å². The molecule has 0 atom stereocenters. The summed E-state index contributed by atoms with van der Waals surface area (Å²) in [5.41, 5.74) is 8.65. The number of carbonyl (C=O) groups excluding carboxylic acids is 1. The highest BCUT2D eigenvalue weighted by molar-refractivity contribution is 5.94. The largest absolute Gasteiger partial charge is 0.348 e. The van der Waals surface area contributed by atoms with Gasteiger partial charge in [-0.15, -0.1) is 0 Å². The molecule has 0 bridgehead atoms. The molecule has 0 spiro atoms. The number of rotatable bonds is 5. The lowest BCUT2D eigenvalue weighted by Gasteiger charge is -2.12. The Morgan fingerprint density at radius 2 is 1.85 bits per heavy atom. The number of amides is 1. The normalized spacial score (nSPS) is 11.2. The van der Waals surface area contributed by atoms with Gasteiger partial charge in [0.2, 0.25) is 0 Å². The van der Waals surface area contributed by atoms with Gasteiger partial charge in [-0.1, -0.05) is 12.1 Å². The Bertz CT molecular complexity index is 1500. The first-order valence-corrected chi connectivity index (χ1v) is 11.0. The van der Waals surface area contributed by atoms with Crippen molar-refractivity contribution in [3.05, 3.63) is 100 Å². The van der Waals surface area contributed by atoms with Crippen LogP contribution in [0, 0.1) is 20.8 Å². The Hall–Kier alpha value is -4.06. The molecule has 4 aromatic heterocycles. The number of benzene rings is 1. The Morgan fingerprint density at radius 3 is 2.73 bits per heavy atom. The molecule has 0 aliphatic rings.